The number of halogens is 1. The summed E-state index contributed by atoms with van der Waals surface area (Å²) in [4.78, 5) is 29.3. The average Bonchev–Trinajstić information content (AvgIpc) is 2.96. The number of anilines is 1. The zero-order chi connectivity index (χ0) is 17.1. The predicted molar refractivity (Wildman–Crippen MR) is 89.1 cm³/mol. The smallest absolute Gasteiger partial charge is 0.273 e. The maximum Gasteiger partial charge on any atom is 0.273 e. The van der Waals surface area contributed by atoms with E-state index in [0.29, 0.717) is 5.13 Å². The topological polar surface area (TPSA) is 74.7 Å². The molecule has 3 rings (SSSR count). The third kappa shape index (κ3) is 3.83. The Kier molecular flexibility index (Phi) is 4.66. The number of amides is 2. The van der Waals surface area contributed by atoms with Crippen molar-refractivity contribution in [3.05, 3.63) is 46.7 Å². The zero-order valence-corrected chi connectivity index (χ0v) is 13.8. The van der Waals surface area contributed by atoms with E-state index in [2.05, 4.69) is 15.4 Å². The molecule has 24 heavy (non-hydrogen) atoms. The first-order valence-electron chi connectivity index (χ1n) is 7.37. The van der Waals surface area contributed by atoms with Crippen molar-refractivity contribution in [1.82, 2.24) is 9.99 Å². The number of hydrazone groups is 1. The van der Waals surface area contributed by atoms with Gasteiger partial charge in [0.25, 0.3) is 5.91 Å². The molecule has 1 aliphatic rings. The van der Waals surface area contributed by atoms with E-state index in [0.717, 1.165) is 10.4 Å². The van der Waals surface area contributed by atoms with Gasteiger partial charge in [0.15, 0.2) is 5.13 Å². The lowest BCUT2D eigenvalue weighted by molar-refractivity contribution is -0.132. The van der Waals surface area contributed by atoms with E-state index in [9.17, 15) is 14.0 Å². The van der Waals surface area contributed by atoms with Gasteiger partial charge in [-0.1, -0.05) is 12.1 Å². The minimum Gasteiger partial charge on any atom is -0.297 e. The standard InChI is InChI=1S/C16H15FN4O2S/c1-10-8-18-16(24-10)19-15(23)13-6-7-14(22)21(20-13)9-11-2-4-12(17)5-3-11/h2-5,8H,6-7,9H2,1H3,(H,18,19,23). The summed E-state index contributed by atoms with van der Waals surface area (Å²) in [6.45, 7) is 2.10. The van der Waals surface area contributed by atoms with Gasteiger partial charge >= 0.3 is 0 Å². The van der Waals surface area contributed by atoms with Crippen LogP contribution in [0.3, 0.4) is 0 Å². The lowest BCUT2D eigenvalue weighted by Crippen LogP contribution is -2.36. The van der Waals surface area contributed by atoms with Crippen molar-refractivity contribution >= 4 is 34.0 Å². The van der Waals surface area contributed by atoms with Crippen molar-refractivity contribution in [2.45, 2.75) is 26.3 Å². The van der Waals surface area contributed by atoms with Gasteiger partial charge < -0.3 is 0 Å². The van der Waals surface area contributed by atoms with Crippen LogP contribution >= 0.6 is 11.3 Å². The van der Waals surface area contributed by atoms with Crippen molar-refractivity contribution < 1.29 is 14.0 Å². The number of nitrogens with zero attached hydrogens (tertiary/aromatic N) is 3. The molecule has 0 spiro atoms. The normalized spacial score (nSPS) is 14.5. The highest BCUT2D eigenvalue weighted by atomic mass is 32.1. The fourth-order valence-corrected chi connectivity index (χ4v) is 2.89. The molecule has 2 aromatic rings. The summed E-state index contributed by atoms with van der Waals surface area (Å²) in [5.41, 5.74) is 1.02. The lowest BCUT2D eigenvalue weighted by atomic mass is 10.1. The number of hydrogen-bond donors (Lipinski definition) is 1. The van der Waals surface area contributed by atoms with Gasteiger partial charge in [-0.25, -0.2) is 14.4 Å². The van der Waals surface area contributed by atoms with E-state index < -0.39 is 0 Å². The van der Waals surface area contributed by atoms with Gasteiger partial charge in [0.05, 0.1) is 6.54 Å². The molecule has 0 saturated carbocycles. The van der Waals surface area contributed by atoms with E-state index in [-0.39, 0.29) is 42.7 Å². The summed E-state index contributed by atoms with van der Waals surface area (Å²) in [7, 11) is 0. The van der Waals surface area contributed by atoms with Gasteiger partial charge in [0.1, 0.15) is 11.5 Å². The molecule has 0 fully saturated rings. The van der Waals surface area contributed by atoms with Crippen LogP contribution in [0.2, 0.25) is 0 Å². The van der Waals surface area contributed by atoms with Gasteiger partial charge in [0.2, 0.25) is 5.91 Å². The van der Waals surface area contributed by atoms with Gasteiger partial charge in [-0.15, -0.1) is 11.3 Å². The SMILES string of the molecule is Cc1cnc(NC(=O)C2=NN(Cc3ccc(F)cc3)C(=O)CC2)s1. The van der Waals surface area contributed by atoms with Crippen LogP contribution < -0.4 is 5.32 Å². The van der Waals surface area contributed by atoms with Crippen LogP contribution in [-0.4, -0.2) is 27.5 Å². The molecule has 2 amide bonds. The van der Waals surface area contributed by atoms with Crippen molar-refractivity contribution in [3.8, 4) is 0 Å². The second-order valence-corrected chi connectivity index (χ2v) is 6.59. The molecule has 1 aromatic carbocycles. The fourth-order valence-electron chi connectivity index (χ4n) is 2.23. The molecule has 1 N–H and O–H groups in total. The van der Waals surface area contributed by atoms with Crippen molar-refractivity contribution in [2.75, 3.05) is 5.32 Å². The summed E-state index contributed by atoms with van der Waals surface area (Å²) >= 11 is 1.37. The van der Waals surface area contributed by atoms with Crippen LogP contribution in [0, 0.1) is 12.7 Å². The molecule has 0 unspecified atom stereocenters. The Balaban J connectivity index is 1.72. The highest BCUT2D eigenvalue weighted by Gasteiger charge is 2.25. The Hall–Kier alpha value is -2.61. The van der Waals surface area contributed by atoms with E-state index in [1.165, 1.54) is 28.5 Å². The highest BCUT2D eigenvalue weighted by Crippen LogP contribution is 2.18. The number of nitrogens with one attached hydrogen (secondary N) is 1. The molecular formula is C16H15FN4O2S. The molecule has 124 valence electrons. The summed E-state index contributed by atoms with van der Waals surface area (Å²) in [5.74, 6) is -0.868. The Labute approximate surface area is 142 Å². The lowest BCUT2D eigenvalue weighted by Gasteiger charge is -2.23. The molecule has 0 atom stereocenters. The molecule has 1 aliphatic heterocycles. The van der Waals surface area contributed by atoms with Crippen LogP contribution in [0.15, 0.2) is 35.6 Å². The summed E-state index contributed by atoms with van der Waals surface area (Å²) in [5, 5.41) is 8.60. The third-order valence-electron chi connectivity index (χ3n) is 3.45. The number of benzene rings is 1. The minimum atomic E-state index is -0.360. The Morgan fingerprint density at radius 3 is 2.75 bits per heavy atom. The third-order valence-corrected chi connectivity index (χ3v) is 4.28. The van der Waals surface area contributed by atoms with E-state index in [1.54, 1.807) is 18.3 Å². The first-order chi connectivity index (χ1) is 11.5. The molecule has 0 saturated heterocycles. The maximum absolute atomic E-state index is 13.0. The Morgan fingerprint density at radius 2 is 2.08 bits per heavy atom. The van der Waals surface area contributed by atoms with Crippen molar-refractivity contribution in [2.24, 2.45) is 5.10 Å². The van der Waals surface area contributed by atoms with Crippen LogP contribution in [0.1, 0.15) is 23.3 Å². The number of carbonyl (C=O) groups excluding carboxylic acids is 2. The monoisotopic (exact) mass is 346 g/mol. The first-order valence-corrected chi connectivity index (χ1v) is 8.19. The highest BCUT2D eigenvalue weighted by molar-refractivity contribution is 7.15. The number of aryl methyl sites for hydroxylation is 1. The summed E-state index contributed by atoms with van der Waals surface area (Å²) in [6.07, 6.45) is 2.17. The summed E-state index contributed by atoms with van der Waals surface area (Å²) in [6, 6.07) is 5.83. The van der Waals surface area contributed by atoms with Crippen molar-refractivity contribution in [3.63, 3.8) is 0 Å². The Morgan fingerprint density at radius 1 is 1.33 bits per heavy atom. The van der Waals surface area contributed by atoms with E-state index >= 15 is 0 Å². The molecule has 0 radical (unpaired) electrons. The second kappa shape index (κ2) is 6.88. The maximum atomic E-state index is 13.0. The second-order valence-electron chi connectivity index (χ2n) is 5.35. The number of aromatic nitrogens is 1. The van der Waals surface area contributed by atoms with Gasteiger partial charge in [0, 0.05) is 23.9 Å². The number of rotatable bonds is 4. The molecular weight excluding hydrogens is 331 g/mol. The van der Waals surface area contributed by atoms with Crippen LogP contribution in [-0.2, 0) is 16.1 Å². The molecule has 8 heteroatoms. The quantitative estimate of drug-likeness (QED) is 0.925. The average molecular weight is 346 g/mol. The molecule has 0 aliphatic carbocycles. The summed E-state index contributed by atoms with van der Waals surface area (Å²) < 4.78 is 13.0. The number of thiazole rings is 1. The van der Waals surface area contributed by atoms with E-state index in [1.807, 2.05) is 6.92 Å². The predicted octanol–water partition coefficient (Wildman–Crippen LogP) is 2.71. The Bertz CT molecular complexity index is 801. The van der Waals surface area contributed by atoms with Gasteiger partial charge in [-0.05, 0) is 24.6 Å². The minimum absolute atomic E-state index is 0.166. The van der Waals surface area contributed by atoms with Gasteiger partial charge in [-0.2, -0.15) is 5.10 Å². The largest absolute Gasteiger partial charge is 0.297 e. The first kappa shape index (κ1) is 16.3. The zero-order valence-electron chi connectivity index (χ0n) is 13.0. The number of carbonyl (C=O) groups is 2. The fraction of sp³-hybridized carbons (Fsp3) is 0.250. The van der Waals surface area contributed by atoms with Crippen LogP contribution in [0.5, 0.6) is 0 Å². The molecule has 0 bridgehead atoms. The van der Waals surface area contributed by atoms with E-state index in [4.69, 9.17) is 0 Å². The molecule has 2 heterocycles. The van der Waals surface area contributed by atoms with Gasteiger partial charge in [-0.3, -0.25) is 14.9 Å². The van der Waals surface area contributed by atoms with Crippen LogP contribution in [0.4, 0.5) is 9.52 Å². The van der Waals surface area contributed by atoms with Crippen LogP contribution in [0.25, 0.3) is 0 Å². The van der Waals surface area contributed by atoms with Crippen molar-refractivity contribution in [1.29, 1.82) is 0 Å². The molecule has 1 aromatic heterocycles. The number of hydrogen-bond acceptors (Lipinski definition) is 5. The molecule has 6 nitrogen and oxygen atoms in total.